The Balaban J connectivity index is 1.99. The molecule has 3 heteroatoms. The first-order valence-electron chi connectivity index (χ1n) is 4.57. The van der Waals surface area contributed by atoms with Crippen molar-refractivity contribution in [3.63, 3.8) is 0 Å². The number of hydrogen-bond donors (Lipinski definition) is 1. The highest BCUT2D eigenvalue weighted by Crippen LogP contribution is 2.51. The molecule has 2 fully saturated rings. The normalized spacial score (nSPS) is 25.8. The molecule has 1 N–H and O–H groups in total. The zero-order valence-electron chi connectivity index (χ0n) is 6.87. The molecular weight excluding hydrogens is 159 g/mol. The van der Waals surface area contributed by atoms with Crippen LogP contribution in [0, 0.1) is 17.8 Å². The van der Waals surface area contributed by atoms with Crippen molar-refractivity contribution in [2.75, 3.05) is 0 Å². The zero-order chi connectivity index (χ0) is 8.72. The predicted octanol–water partition coefficient (Wildman–Crippen LogP) is 1.85. The second-order valence-electron chi connectivity index (χ2n) is 3.99. The van der Waals surface area contributed by atoms with Gasteiger partial charge in [0.25, 0.3) is 0 Å². The molecule has 2 nitrogen and oxygen atoms in total. The third-order valence-corrected chi connectivity index (χ3v) is 2.91. The van der Waals surface area contributed by atoms with E-state index in [0.29, 0.717) is 11.8 Å². The van der Waals surface area contributed by atoms with E-state index in [1.54, 1.807) is 0 Å². The van der Waals surface area contributed by atoms with Crippen molar-refractivity contribution < 1.29 is 14.3 Å². The average Bonchev–Trinajstić information content (AvgIpc) is 2.81. The summed E-state index contributed by atoms with van der Waals surface area (Å²) in [5.41, 5.74) is 0. The van der Waals surface area contributed by atoms with Gasteiger partial charge in [-0.15, -0.1) is 0 Å². The molecule has 2 rings (SSSR count). The molecule has 0 aliphatic heterocycles. The van der Waals surface area contributed by atoms with Crippen molar-refractivity contribution in [2.24, 2.45) is 17.8 Å². The highest BCUT2D eigenvalue weighted by atomic mass is 19.1. The molecule has 0 aromatic rings. The second kappa shape index (κ2) is 2.71. The third-order valence-electron chi connectivity index (χ3n) is 2.91. The van der Waals surface area contributed by atoms with E-state index in [1.165, 1.54) is 0 Å². The molecule has 2 aliphatic carbocycles. The van der Waals surface area contributed by atoms with E-state index in [-0.39, 0.29) is 5.92 Å². The maximum Gasteiger partial charge on any atom is 0.338 e. The smallest absolute Gasteiger partial charge is 0.338 e. The van der Waals surface area contributed by atoms with Gasteiger partial charge in [-0.1, -0.05) is 0 Å². The molecule has 68 valence electrons. The average molecular weight is 172 g/mol. The molecule has 0 aromatic heterocycles. The topological polar surface area (TPSA) is 37.3 Å². The van der Waals surface area contributed by atoms with Gasteiger partial charge in [0.1, 0.15) is 0 Å². The first-order chi connectivity index (χ1) is 5.70. The SMILES string of the molecule is O=C(O)C(F)C(C1CC1)C1CC1. The lowest BCUT2D eigenvalue weighted by Gasteiger charge is -2.16. The van der Waals surface area contributed by atoms with Crippen LogP contribution in [0.5, 0.6) is 0 Å². The fourth-order valence-electron chi connectivity index (χ4n) is 1.99. The number of carboxylic acid groups (broad SMARTS) is 1. The van der Waals surface area contributed by atoms with Crippen LogP contribution in [0.2, 0.25) is 0 Å². The van der Waals surface area contributed by atoms with Crippen molar-refractivity contribution in [3.05, 3.63) is 0 Å². The molecule has 1 atom stereocenters. The summed E-state index contributed by atoms with van der Waals surface area (Å²) in [5.74, 6) is -0.673. The van der Waals surface area contributed by atoms with Crippen LogP contribution in [0.3, 0.4) is 0 Å². The van der Waals surface area contributed by atoms with Gasteiger partial charge in [-0.3, -0.25) is 0 Å². The molecule has 0 heterocycles. The van der Waals surface area contributed by atoms with Crippen LogP contribution in [0.1, 0.15) is 25.7 Å². The first kappa shape index (κ1) is 8.02. The molecule has 2 saturated carbocycles. The van der Waals surface area contributed by atoms with Crippen molar-refractivity contribution in [1.29, 1.82) is 0 Å². The Labute approximate surface area is 70.8 Å². The minimum Gasteiger partial charge on any atom is -0.479 e. The second-order valence-corrected chi connectivity index (χ2v) is 3.99. The Morgan fingerprint density at radius 3 is 1.92 bits per heavy atom. The van der Waals surface area contributed by atoms with Gasteiger partial charge >= 0.3 is 5.97 Å². The standard InChI is InChI=1S/C9H13FO2/c10-8(9(11)12)7(5-1-2-5)6-3-4-6/h5-8H,1-4H2,(H,11,12). The maximum absolute atomic E-state index is 13.2. The molecule has 0 saturated heterocycles. The Bertz CT molecular complexity index is 185. The van der Waals surface area contributed by atoms with Gasteiger partial charge in [0.15, 0.2) is 6.17 Å². The van der Waals surface area contributed by atoms with Gasteiger partial charge < -0.3 is 5.11 Å². The van der Waals surface area contributed by atoms with Crippen LogP contribution in [0.25, 0.3) is 0 Å². The number of carboxylic acids is 1. The Hall–Kier alpha value is -0.600. The van der Waals surface area contributed by atoms with Crippen LogP contribution in [-0.2, 0) is 4.79 Å². The summed E-state index contributed by atoms with van der Waals surface area (Å²) < 4.78 is 13.2. The number of alkyl halides is 1. The van der Waals surface area contributed by atoms with Crippen molar-refractivity contribution in [2.45, 2.75) is 31.9 Å². The quantitative estimate of drug-likeness (QED) is 0.702. The minimum atomic E-state index is -1.61. The summed E-state index contributed by atoms with van der Waals surface area (Å²) >= 11 is 0. The summed E-state index contributed by atoms with van der Waals surface area (Å²) in [6.45, 7) is 0. The lowest BCUT2D eigenvalue weighted by molar-refractivity contribution is -0.145. The van der Waals surface area contributed by atoms with Crippen molar-refractivity contribution >= 4 is 5.97 Å². The molecule has 1 unspecified atom stereocenters. The lowest BCUT2D eigenvalue weighted by Crippen LogP contribution is -2.28. The summed E-state index contributed by atoms with van der Waals surface area (Å²) in [6, 6.07) is 0. The van der Waals surface area contributed by atoms with Crippen LogP contribution in [0.15, 0.2) is 0 Å². The van der Waals surface area contributed by atoms with E-state index in [9.17, 15) is 9.18 Å². The largest absolute Gasteiger partial charge is 0.479 e. The number of hydrogen-bond acceptors (Lipinski definition) is 1. The molecular formula is C9H13FO2. The number of halogens is 1. The third kappa shape index (κ3) is 1.45. The van der Waals surface area contributed by atoms with E-state index < -0.39 is 12.1 Å². The van der Waals surface area contributed by atoms with E-state index in [4.69, 9.17) is 5.11 Å². The first-order valence-corrected chi connectivity index (χ1v) is 4.57. The fraction of sp³-hybridized carbons (Fsp3) is 0.889. The van der Waals surface area contributed by atoms with Crippen molar-refractivity contribution in [3.8, 4) is 0 Å². The van der Waals surface area contributed by atoms with Gasteiger partial charge in [0.2, 0.25) is 0 Å². The molecule has 0 amide bonds. The number of aliphatic carboxylic acids is 1. The van der Waals surface area contributed by atoms with Gasteiger partial charge in [-0.2, -0.15) is 0 Å². The van der Waals surface area contributed by atoms with E-state index in [1.807, 2.05) is 0 Å². The lowest BCUT2D eigenvalue weighted by atomic mass is 9.92. The summed E-state index contributed by atoms with van der Waals surface area (Å²) in [6.07, 6.45) is 2.54. The van der Waals surface area contributed by atoms with Crippen LogP contribution in [0.4, 0.5) is 4.39 Å². The number of carbonyl (C=O) groups is 1. The number of rotatable bonds is 4. The van der Waals surface area contributed by atoms with Gasteiger partial charge in [-0.25, -0.2) is 9.18 Å². The van der Waals surface area contributed by atoms with Gasteiger partial charge in [0.05, 0.1) is 0 Å². The zero-order valence-corrected chi connectivity index (χ0v) is 6.87. The van der Waals surface area contributed by atoms with Crippen LogP contribution < -0.4 is 0 Å². The monoisotopic (exact) mass is 172 g/mol. The molecule has 12 heavy (non-hydrogen) atoms. The molecule has 0 bridgehead atoms. The predicted molar refractivity (Wildman–Crippen MR) is 41.5 cm³/mol. The Kier molecular flexibility index (Phi) is 1.81. The van der Waals surface area contributed by atoms with Gasteiger partial charge in [0, 0.05) is 5.92 Å². The summed E-state index contributed by atoms with van der Waals surface area (Å²) in [5, 5.41) is 8.53. The maximum atomic E-state index is 13.2. The molecule has 0 aromatic carbocycles. The van der Waals surface area contributed by atoms with E-state index in [2.05, 4.69) is 0 Å². The summed E-state index contributed by atoms with van der Waals surface area (Å²) in [7, 11) is 0. The minimum absolute atomic E-state index is 0.164. The van der Waals surface area contributed by atoms with E-state index in [0.717, 1.165) is 25.7 Å². The van der Waals surface area contributed by atoms with Crippen LogP contribution >= 0.6 is 0 Å². The van der Waals surface area contributed by atoms with Crippen LogP contribution in [-0.4, -0.2) is 17.2 Å². The Morgan fingerprint density at radius 1 is 1.25 bits per heavy atom. The molecule has 0 radical (unpaired) electrons. The highest BCUT2D eigenvalue weighted by molar-refractivity contribution is 5.72. The Morgan fingerprint density at radius 2 is 1.67 bits per heavy atom. The fourth-order valence-corrected chi connectivity index (χ4v) is 1.99. The summed E-state index contributed by atoms with van der Waals surface area (Å²) in [4.78, 5) is 10.4. The van der Waals surface area contributed by atoms with E-state index >= 15 is 0 Å². The highest BCUT2D eigenvalue weighted by Gasteiger charge is 2.48. The molecule has 0 spiro atoms. The van der Waals surface area contributed by atoms with Gasteiger partial charge in [-0.05, 0) is 37.5 Å². The van der Waals surface area contributed by atoms with Crippen molar-refractivity contribution in [1.82, 2.24) is 0 Å². The molecule has 2 aliphatic rings.